The van der Waals surface area contributed by atoms with E-state index in [1.165, 1.54) is 5.56 Å². The van der Waals surface area contributed by atoms with Crippen LogP contribution in [0.2, 0.25) is 0 Å². The molecule has 0 spiro atoms. The van der Waals surface area contributed by atoms with Crippen molar-refractivity contribution in [1.82, 2.24) is 10.6 Å². The number of hydrogen-bond donors (Lipinski definition) is 2. The molecule has 0 aliphatic heterocycles. The molecule has 1 aromatic heterocycles. The maximum Gasteiger partial charge on any atom is 0.315 e. The largest absolute Gasteiger partial charge is 0.337 e. The Balaban J connectivity index is 1.78. The van der Waals surface area contributed by atoms with Gasteiger partial charge in [-0.15, -0.1) is 0 Å². The lowest BCUT2D eigenvalue weighted by Gasteiger charge is -2.24. The molecule has 0 saturated heterocycles. The summed E-state index contributed by atoms with van der Waals surface area (Å²) in [6.07, 6.45) is 0. The third-order valence-corrected chi connectivity index (χ3v) is 3.97. The van der Waals surface area contributed by atoms with Crippen molar-refractivity contribution in [2.45, 2.75) is 25.8 Å². The van der Waals surface area contributed by atoms with Crippen molar-refractivity contribution in [1.29, 1.82) is 0 Å². The quantitative estimate of drug-likeness (QED) is 0.868. The van der Waals surface area contributed by atoms with E-state index in [4.69, 9.17) is 0 Å². The van der Waals surface area contributed by atoms with Gasteiger partial charge in [-0.1, -0.05) is 44.2 Å². The van der Waals surface area contributed by atoms with Crippen LogP contribution in [0.5, 0.6) is 0 Å². The van der Waals surface area contributed by atoms with E-state index >= 15 is 0 Å². The van der Waals surface area contributed by atoms with Crippen LogP contribution in [-0.2, 0) is 12.0 Å². The summed E-state index contributed by atoms with van der Waals surface area (Å²) in [6.45, 7) is 5.43. The highest BCUT2D eigenvalue weighted by Crippen LogP contribution is 2.24. The molecule has 0 aliphatic rings. The molecule has 106 valence electrons. The van der Waals surface area contributed by atoms with Crippen LogP contribution in [0.4, 0.5) is 4.79 Å². The second kappa shape index (κ2) is 6.57. The number of rotatable bonds is 5. The second-order valence-electron chi connectivity index (χ2n) is 5.42. The fourth-order valence-electron chi connectivity index (χ4n) is 1.89. The lowest BCUT2D eigenvalue weighted by Crippen LogP contribution is -2.41. The monoisotopic (exact) mass is 288 g/mol. The summed E-state index contributed by atoms with van der Waals surface area (Å²) < 4.78 is 0. The zero-order valence-corrected chi connectivity index (χ0v) is 12.7. The SMILES string of the molecule is CC(C)(CNC(=O)NCc1ccccc1)c1ccsc1. The average Bonchev–Trinajstić information content (AvgIpc) is 2.99. The molecule has 2 N–H and O–H groups in total. The molecule has 0 bridgehead atoms. The maximum absolute atomic E-state index is 11.8. The second-order valence-corrected chi connectivity index (χ2v) is 6.20. The Morgan fingerprint density at radius 3 is 2.55 bits per heavy atom. The van der Waals surface area contributed by atoms with Gasteiger partial charge in [0.2, 0.25) is 0 Å². The molecule has 2 rings (SSSR count). The molecule has 0 unspecified atom stereocenters. The van der Waals surface area contributed by atoms with Crippen LogP contribution in [0.1, 0.15) is 25.0 Å². The van der Waals surface area contributed by atoms with E-state index in [1.807, 2.05) is 30.3 Å². The zero-order chi connectivity index (χ0) is 14.4. The Labute approximate surface area is 124 Å². The molecule has 1 heterocycles. The van der Waals surface area contributed by atoms with Gasteiger partial charge in [0.1, 0.15) is 0 Å². The molecule has 0 fully saturated rings. The number of carbonyl (C=O) groups excluding carboxylic acids is 1. The predicted molar refractivity (Wildman–Crippen MR) is 84.0 cm³/mol. The van der Waals surface area contributed by atoms with Crippen molar-refractivity contribution >= 4 is 17.4 Å². The van der Waals surface area contributed by atoms with Gasteiger partial charge in [0.05, 0.1) is 0 Å². The third kappa shape index (κ3) is 4.10. The first kappa shape index (κ1) is 14.6. The average molecular weight is 288 g/mol. The van der Waals surface area contributed by atoms with E-state index in [9.17, 15) is 4.79 Å². The summed E-state index contributed by atoms with van der Waals surface area (Å²) in [5.41, 5.74) is 2.30. The lowest BCUT2D eigenvalue weighted by molar-refractivity contribution is 0.238. The summed E-state index contributed by atoms with van der Waals surface area (Å²) in [4.78, 5) is 11.8. The zero-order valence-electron chi connectivity index (χ0n) is 11.8. The molecule has 1 aromatic carbocycles. The van der Waals surface area contributed by atoms with E-state index < -0.39 is 0 Å². The Hall–Kier alpha value is -1.81. The first-order chi connectivity index (χ1) is 9.58. The highest BCUT2D eigenvalue weighted by atomic mass is 32.1. The first-order valence-electron chi connectivity index (χ1n) is 6.66. The van der Waals surface area contributed by atoms with Crippen molar-refractivity contribution in [3.63, 3.8) is 0 Å². The third-order valence-electron chi connectivity index (χ3n) is 3.29. The fourth-order valence-corrected chi connectivity index (χ4v) is 2.74. The smallest absolute Gasteiger partial charge is 0.315 e. The summed E-state index contributed by atoms with van der Waals surface area (Å²) in [6, 6.07) is 11.9. The molecule has 4 heteroatoms. The van der Waals surface area contributed by atoms with E-state index in [1.54, 1.807) is 11.3 Å². The summed E-state index contributed by atoms with van der Waals surface area (Å²) in [5, 5.41) is 10.00. The van der Waals surface area contributed by atoms with Gasteiger partial charge in [-0.05, 0) is 28.0 Å². The molecular weight excluding hydrogens is 268 g/mol. The van der Waals surface area contributed by atoms with Gasteiger partial charge in [0.15, 0.2) is 0 Å². The summed E-state index contributed by atoms with van der Waals surface area (Å²) >= 11 is 1.68. The molecule has 2 aromatic rings. The van der Waals surface area contributed by atoms with Crippen molar-refractivity contribution in [3.05, 3.63) is 58.3 Å². The van der Waals surface area contributed by atoms with Gasteiger partial charge in [-0.3, -0.25) is 0 Å². The number of nitrogens with one attached hydrogen (secondary N) is 2. The van der Waals surface area contributed by atoms with Gasteiger partial charge >= 0.3 is 6.03 Å². The Morgan fingerprint density at radius 1 is 1.15 bits per heavy atom. The number of urea groups is 1. The van der Waals surface area contributed by atoms with Gasteiger partial charge in [0, 0.05) is 18.5 Å². The standard InChI is InChI=1S/C16H20N2OS/c1-16(2,14-8-9-20-11-14)12-18-15(19)17-10-13-6-4-3-5-7-13/h3-9,11H,10,12H2,1-2H3,(H2,17,18,19). The van der Waals surface area contributed by atoms with Crippen LogP contribution in [-0.4, -0.2) is 12.6 Å². The predicted octanol–water partition coefficient (Wildman–Crippen LogP) is 3.53. The summed E-state index contributed by atoms with van der Waals surface area (Å²) in [7, 11) is 0. The number of amides is 2. The number of carbonyl (C=O) groups is 1. The van der Waals surface area contributed by atoms with Crippen LogP contribution >= 0.6 is 11.3 Å². The van der Waals surface area contributed by atoms with E-state index in [0.29, 0.717) is 13.1 Å². The minimum Gasteiger partial charge on any atom is -0.337 e. The molecule has 2 amide bonds. The van der Waals surface area contributed by atoms with Crippen LogP contribution in [0, 0.1) is 0 Å². The van der Waals surface area contributed by atoms with Crippen molar-refractivity contribution in [3.8, 4) is 0 Å². The Bertz CT molecular complexity index is 535. The van der Waals surface area contributed by atoms with Crippen molar-refractivity contribution < 1.29 is 4.79 Å². The van der Waals surface area contributed by atoms with E-state index in [2.05, 4.69) is 41.3 Å². The normalized spacial score (nSPS) is 11.1. The molecule has 0 saturated carbocycles. The number of benzene rings is 1. The maximum atomic E-state index is 11.8. The lowest BCUT2D eigenvalue weighted by atomic mass is 9.87. The van der Waals surface area contributed by atoms with Crippen LogP contribution < -0.4 is 10.6 Å². The summed E-state index contributed by atoms with van der Waals surface area (Å²) in [5.74, 6) is 0. The topological polar surface area (TPSA) is 41.1 Å². The molecule has 0 aliphatic carbocycles. The highest BCUT2D eigenvalue weighted by Gasteiger charge is 2.21. The van der Waals surface area contributed by atoms with Crippen molar-refractivity contribution in [2.24, 2.45) is 0 Å². The number of thiophene rings is 1. The molecule has 0 atom stereocenters. The van der Waals surface area contributed by atoms with Gasteiger partial charge < -0.3 is 10.6 Å². The van der Waals surface area contributed by atoms with Crippen LogP contribution in [0.25, 0.3) is 0 Å². The molecule has 20 heavy (non-hydrogen) atoms. The van der Waals surface area contributed by atoms with Gasteiger partial charge in [-0.2, -0.15) is 11.3 Å². The Kier molecular flexibility index (Phi) is 4.79. The minimum absolute atomic E-state index is 0.0515. The first-order valence-corrected chi connectivity index (χ1v) is 7.60. The van der Waals surface area contributed by atoms with Gasteiger partial charge in [-0.25, -0.2) is 4.79 Å². The van der Waals surface area contributed by atoms with Crippen LogP contribution in [0.3, 0.4) is 0 Å². The van der Waals surface area contributed by atoms with Crippen LogP contribution in [0.15, 0.2) is 47.2 Å². The van der Waals surface area contributed by atoms with Gasteiger partial charge in [0.25, 0.3) is 0 Å². The molecule has 3 nitrogen and oxygen atoms in total. The number of hydrogen-bond acceptors (Lipinski definition) is 2. The highest BCUT2D eigenvalue weighted by molar-refractivity contribution is 7.08. The fraction of sp³-hybridized carbons (Fsp3) is 0.312. The minimum atomic E-state index is -0.128. The molecule has 0 radical (unpaired) electrons. The molecular formula is C16H20N2OS. The van der Waals surface area contributed by atoms with E-state index in [-0.39, 0.29) is 11.4 Å². The Morgan fingerprint density at radius 2 is 1.90 bits per heavy atom. The van der Waals surface area contributed by atoms with E-state index in [0.717, 1.165) is 5.56 Å². The van der Waals surface area contributed by atoms with Crippen molar-refractivity contribution in [2.75, 3.05) is 6.54 Å².